The molecule has 2 atom stereocenters. The number of fused-ring (bicyclic) bond motifs is 1. The molecule has 0 unspecified atom stereocenters. The molecule has 0 radical (unpaired) electrons. The van der Waals surface area contributed by atoms with Crippen LogP contribution in [0.4, 0.5) is 0 Å². The summed E-state index contributed by atoms with van der Waals surface area (Å²) in [5, 5.41) is 14.0. The van der Waals surface area contributed by atoms with E-state index in [9.17, 15) is 9.59 Å². The summed E-state index contributed by atoms with van der Waals surface area (Å²) in [6.07, 6.45) is 1.85. The van der Waals surface area contributed by atoms with Crippen LogP contribution < -0.4 is 10.6 Å². The molecule has 2 amide bonds. The van der Waals surface area contributed by atoms with Gasteiger partial charge in [-0.3, -0.25) is 14.0 Å². The number of pyridine rings is 1. The smallest absolute Gasteiger partial charge is 0.251 e. The minimum Gasteiger partial charge on any atom is -0.345 e. The molecule has 1 aromatic carbocycles. The Kier molecular flexibility index (Phi) is 5.49. The Morgan fingerprint density at radius 2 is 1.63 bits per heavy atom. The first-order chi connectivity index (χ1) is 13.0. The topological polar surface area (TPSA) is 88.4 Å². The highest BCUT2D eigenvalue weighted by Gasteiger charge is 2.27. The molecule has 0 spiro atoms. The van der Waals surface area contributed by atoms with Crippen LogP contribution in [0, 0.1) is 5.92 Å². The Balaban J connectivity index is 1.72. The van der Waals surface area contributed by atoms with Gasteiger partial charge in [0.1, 0.15) is 6.04 Å². The lowest BCUT2D eigenvalue weighted by atomic mass is 10.0. The molecule has 2 aromatic heterocycles. The fourth-order valence-electron chi connectivity index (χ4n) is 2.87. The van der Waals surface area contributed by atoms with Gasteiger partial charge in [-0.25, -0.2) is 0 Å². The van der Waals surface area contributed by atoms with E-state index in [-0.39, 0.29) is 23.8 Å². The number of carbonyl (C=O) groups is 2. The molecule has 3 aromatic rings. The van der Waals surface area contributed by atoms with Gasteiger partial charge in [0, 0.05) is 11.8 Å². The average molecular weight is 365 g/mol. The van der Waals surface area contributed by atoms with Crippen LogP contribution in [0.1, 0.15) is 43.0 Å². The van der Waals surface area contributed by atoms with Gasteiger partial charge in [0.25, 0.3) is 5.91 Å². The zero-order valence-corrected chi connectivity index (χ0v) is 15.6. The fraction of sp³-hybridized carbons (Fsp3) is 0.300. The second-order valence-corrected chi connectivity index (χ2v) is 6.78. The zero-order valence-electron chi connectivity index (χ0n) is 15.6. The highest BCUT2D eigenvalue weighted by atomic mass is 16.2. The van der Waals surface area contributed by atoms with Gasteiger partial charge in [0.15, 0.2) is 11.5 Å². The molecule has 0 aliphatic heterocycles. The van der Waals surface area contributed by atoms with E-state index in [1.54, 1.807) is 24.3 Å². The summed E-state index contributed by atoms with van der Waals surface area (Å²) in [4.78, 5) is 25.2. The van der Waals surface area contributed by atoms with Gasteiger partial charge >= 0.3 is 0 Å². The van der Waals surface area contributed by atoms with E-state index >= 15 is 0 Å². The number of benzene rings is 1. The first kappa shape index (κ1) is 18.6. The van der Waals surface area contributed by atoms with Crippen molar-refractivity contribution in [1.82, 2.24) is 25.2 Å². The summed E-state index contributed by atoms with van der Waals surface area (Å²) in [5.41, 5.74) is 1.24. The molecule has 2 heterocycles. The molecule has 2 N–H and O–H groups in total. The fourth-order valence-corrected chi connectivity index (χ4v) is 2.87. The van der Waals surface area contributed by atoms with Crippen LogP contribution >= 0.6 is 0 Å². The highest BCUT2D eigenvalue weighted by Crippen LogP contribution is 2.13. The Morgan fingerprint density at radius 1 is 0.926 bits per heavy atom. The summed E-state index contributed by atoms with van der Waals surface area (Å²) in [7, 11) is 0. The maximum absolute atomic E-state index is 12.8. The van der Waals surface area contributed by atoms with Gasteiger partial charge < -0.3 is 10.6 Å². The molecule has 7 heteroatoms. The Hall–Kier alpha value is -3.22. The quantitative estimate of drug-likeness (QED) is 0.702. The van der Waals surface area contributed by atoms with Gasteiger partial charge in [-0.1, -0.05) is 38.1 Å². The molecule has 140 valence electrons. The van der Waals surface area contributed by atoms with E-state index < -0.39 is 6.04 Å². The number of carbonyl (C=O) groups excluding carboxylic acids is 2. The third-order valence-corrected chi connectivity index (χ3v) is 4.36. The molecule has 0 aliphatic carbocycles. The molecule has 7 nitrogen and oxygen atoms in total. The number of amides is 2. The molecule has 0 fully saturated rings. The van der Waals surface area contributed by atoms with Gasteiger partial charge in [-0.15, -0.1) is 10.2 Å². The van der Waals surface area contributed by atoms with Gasteiger partial charge in [-0.2, -0.15) is 0 Å². The van der Waals surface area contributed by atoms with Crippen LogP contribution in [0.25, 0.3) is 5.65 Å². The SMILES string of the molecule is CC(C)[C@H](NC(=O)c1ccccc1)C(=O)N[C@@H](C)c1nnc2ccccn12. The van der Waals surface area contributed by atoms with Gasteiger partial charge in [0.05, 0.1) is 6.04 Å². The highest BCUT2D eigenvalue weighted by molar-refractivity contribution is 5.97. The van der Waals surface area contributed by atoms with Crippen molar-refractivity contribution in [1.29, 1.82) is 0 Å². The molecule has 0 saturated carbocycles. The summed E-state index contributed by atoms with van der Waals surface area (Å²) in [6.45, 7) is 5.64. The summed E-state index contributed by atoms with van der Waals surface area (Å²) >= 11 is 0. The lowest BCUT2D eigenvalue weighted by molar-refractivity contribution is -0.124. The minimum absolute atomic E-state index is 0.0694. The van der Waals surface area contributed by atoms with Crippen molar-refractivity contribution in [3.8, 4) is 0 Å². The monoisotopic (exact) mass is 365 g/mol. The number of nitrogens with one attached hydrogen (secondary N) is 2. The van der Waals surface area contributed by atoms with Crippen molar-refractivity contribution < 1.29 is 9.59 Å². The van der Waals surface area contributed by atoms with E-state index in [4.69, 9.17) is 0 Å². The van der Waals surface area contributed by atoms with Crippen LogP contribution in [0.2, 0.25) is 0 Å². The summed E-state index contributed by atoms with van der Waals surface area (Å²) < 4.78 is 1.83. The number of hydrogen-bond acceptors (Lipinski definition) is 4. The standard InChI is InChI=1S/C20H23N5O2/c1-13(2)17(22-19(26)15-9-5-4-6-10-15)20(27)21-14(3)18-24-23-16-11-7-8-12-25(16)18/h4-14,17H,1-3H3,(H,21,27)(H,22,26)/t14-,17-/m0/s1. The lowest BCUT2D eigenvalue weighted by Crippen LogP contribution is -2.50. The Bertz CT molecular complexity index is 936. The molecular formula is C20H23N5O2. The first-order valence-corrected chi connectivity index (χ1v) is 8.93. The summed E-state index contributed by atoms with van der Waals surface area (Å²) in [5.74, 6) is 0.0374. The molecule has 0 saturated heterocycles. The molecule has 0 bridgehead atoms. The van der Waals surface area contributed by atoms with E-state index in [2.05, 4.69) is 20.8 Å². The van der Waals surface area contributed by atoms with E-state index in [0.29, 0.717) is 17.0 Å². The van der Waals surface area contributed by atoms with E-state index in [1.165, 1.54) is 0 Å². The van der Waals surface area contributed by atoms with Crippen LogP contribution in [-0.4, -0.2) is 32.5 Å². The van der Waals surface area contributed by atoms with Crippen LogP contribution in [0.15, 0.2) is 54.7 Å². The van der Waals surface area contributed by atoms with Gasteiger partial charge in [0.2, 0.25) is 5.91 Å². The number of aromatic nitrogens is 3. The Labute approximate surface area is 157 Å². The van der Waals surface area contributed by atoms with Crippen LogP contribution in [-0.2, 0) is 4.79 Å². The van der Waals surface area contributed by atoms with Crippen molar-refractivity contribution in [3.05, 3.63) is 66.1 Å². The predicted molar refractivity (Wildman–Crippen MR) is 102 cm³/mol. The van der Waals surface area contributed by atoms with Gasteiger partial charge in [-0.05, 0) is 37.1 Å². The van der Waals surface area contributed by atoms with E-state index in [1.807, 2.05) is 55.6 Å². The van der Waals surface area contributed by atoms with Crippen molar-refractivity contribution in [3.63, 3.8) is 0 Å². The molecule has 3 rings (SSSR count). The number of hydrogen-bond donors (Lipinski definition) is 2. The normalized spacial score (nSPS) is 13.3. The average Bonchev–Trinajstić information content (AvgIpc) is 3.10. The summed E-state index contributed by atoms with van der Waals surface area (Å²) in [6, 6.07) is 13.5. The molecule has 0 aliphatic rings. The zero-order chi connectivity index (χ0) is 19.4. The third kappa shape index (κ3) is 4.13. The predicted octanol–water partition coefficient (Wildman–Crippen LogP) is 2.36. The number of rotatable bonds is 6. The molecule has 27 heavy (non-hydrogen) atoms. The largest absolute Gasteiger partial charge is 0.345 e. The van der Waals surface area contributed by atoms with Crippen LogP contribution in [0.3, 0.4) is 0 Å². The van der Waals surface area contributed by atoms with Crippen LogP contribution in [0.5, 0.6) is 0 Å². The van der Waals surface area contributed by atoms with Crippen molar-refractivity contribution in [2.24, 2.45) is 5.92 Å². The second kappa shape index (κ2) is 7.99. The minimum atomic E-state index is -0.653. The maximum Gasteiger partial charge on any atom is 0.251 e. The second-order valence-electron chi connectivity index (χ2n) is 6.78. The Morgan fingerprint density at radius 3 is 2.33 bits per heavy atom. The van der Waals surface area contributed by atoms with Crippen molar-refractivity contribution in [2.45, 2.75) is 32.9 Å². The first-order valence-electron chi connectivity index (χ1n) is 8.93. The van der Waals surface area contributed by atoms with Crippen molar-refractivity contribution >= 4 is 17.5 Å². The van der Waals surface area contributed by atoms with E-state index in [0.717, 1.165) is 0 Å². The maximum atomic E-state index is 12.8. The lowest BCUT2D eigenvalue weighted by Gasteiger charge is -2.23. The van der Waals surface area contributed by atoms with Crippen molar-refractivity contribution in [2.75, 3.05) is 0 Å². The number of nitrogens with zero attached hydrogens (tertiary/aromatic N) is 3. The third-order valence-electron chi connectivity index (χ3n) is 4.36. The molecular weight excluding hydrogens is 342 g/mol.